The summed E-state index contributed by atoms with van der Waals surface area (Å²) in [6, 6.07) is 12.2. The SMILES string of the molecule is CCCCOc1cccc(CN=C(N)NCCc2cccs2)c1.I. The Labute approximate surface area is 165 Å². The predicted molar refractivity (Wildman–Crippen MR) is 114 cm³/mol. The molecule has 132 valence electrons. The number of ether oxygens (including phenoxy) is 1. The largest absolute Gasteiger partial charge is 0.494 e. The van der Waals surface area contributed by atoms with Crippen molar-refractivity contribution in [3.05, 3.63) is 52.2 Å². The van der Waals surface area contributed by atoms with Gasteiger partial charge in [-0.05, 0) is 42.0 Å². The Morgan fingerprint density at radius 3 is 2.92 bits per heavy atom. The lowest BCUT2D eigenvalue weighted by atomic mass is 10.2. The van der Waals surface area contributed by atoms with Crippen LogP contribution in [-0.2, 0) is 13.0 Å². The zero-order valence-corrected chi connectivity index (χ0v) is 17.2. The first-order valence-electron chi connectivity index (χ1n) is 8.06. The van der Waals surface area contributed by atoms with Gasteiger partial charge in [0.05, 0.1) is 13.2 Å². The molecule has 0 fully saturated rings. The quantitative estimate of drug-likeness (QED) is 0.256. The molecule has 0 radical (unpaired) electrons. The average molecular weight is 459 g/mol. The molecule has 2 rings (SSSR count). The van der Waals surface area contributed by atoms with E-state index in [9.17, 15) is 0 Å². The Morgan fingerprint density at radius 2 is 2.17 bits per heavy atom. The third-order valence-electron chi connectivity index (χ3n) is 3.35. The number of thiophene rings is 1. The minimum absolute atomic E-state index is 0. The van der Waals surface area contributed by atoms with Crippen molar-refractivity contribution in [3.8, 4) is 5.75 Å². The first kappa shape index (κ1) is 20.8. The van der Waals surface area contributed by atoms with E-state index in [2.05, 4.69) is 34.7 Å². The number of unbranched alkanes of at least 4 members (excludes halogenated alkanes) is 1. The number of rotatable bonds is 9. The van der Waals surface area contributed by atoms with Gasteiger partial charge in [0.25, 0.3) is 0 Å². The number of halogens is 1. The van der Waals surface area contributed by atoms with Crippen LogP contribution in [0, 0.1) is 0 Å². The highest BCUT2D eigenvalue weighted by atomic mass is 127. The van der Waals surface area contributed by atoms with E-state index in [0.717, 1.165) is 43.7 Å². The maximum absolute atomic E-state index is 5.91. The van der Waals surface area contributed by atoms with Gasteiger partial charge in [0, 0.05) is 11.4 Å². The minimum atomic E-state index is 0. The lowest BCUT2D eigenvalue weighted by Gasteiger charge is -2.07. The Hall–Kier alpha value is -1.28. The van der Waals surface area contributed by atoms with Gasteiger partial charge in [0.1, 0.15) is 5.75 Å². The van der Waals surface area contributed by atoms with Gasteiger partial charge >= 0.3 is 0 Å². The molecule has 6 heteroatoms. The van der Waals surface area contributed by atoms with E-state index < -0.39 is 0 Å². The summed E-state index contributed by atoms with van der Waals surface area (Å²) >= 11 is 1.76. The van der Waals surface area contributed by atoms with Crippen molar-refractivity contribution in [1.82, 2.24) is 5.32 Å². The molecule has 0 saturated heterocycles. The third kappa shape index (κ3) is 8.01. The van der Waals surface area contributed by atoms with Crippen LogP contribution in [0.25, 0.3) is 0 Å². The van der Waals surface area contributed by atoms with Crippen molar-refractivity contribution in [2.75, 3.05) is 13.2 Å². The molecule has 0 aliphatic carbocycles. The van der Waals surface area contributed by atoms with E-state index in [1.165, 1.54) is 4.88 Å². The van der Waals surface area contributed by atoms with Crippen molar-refractivity contribution in [2.45, 2.75) is 32.7 Å². The van der Waals surface area contributed by atoms with Crippen LogP contribution >= 0.6 is 35.3 Å². The normalized spacial score (nSPS) is 11.0. The van der Waals surface area contributed by atoms with Gasteiger partial charge in [-0.3, -0.25) is 0 Å². The standard InChI is InChI=1S/C18H25N3OS.HI/c1-2-3-11-22-16-7-4-6-15(13-16)14-21-18(19)20-10-9-17-8-5-12-23-17;/h4-8,12-13H,2-3,9-11,14H2,1H3,(H3,19,20,21);1H. The fourth-order valence-electron chi connectivity index (χ4n) is 2.07. The highest BCUT2D eigenvalue weighted by Crippen LogP contribution is 2.14. The molecule has 24 heavy (non-hydrogen) atoms. The fraction of sp³-hybridized carbons (Fsp3) is 0.389. The fourth-order valence-corrected chi connectivity index (χ4v) is 2.78. The molecular weight excluding hydrogens is 433 g/mol. The molecule has 2 aromatic rings. The minimum Gasteiger partial charge on any atom is -0.494 e. The zero-order valence-electron chi connectivity index (χ0n) is 14.0. The van der Waals surface area contributed by atoms with Crippen LogP contribution in [0.2, 0.25) is 0 Å². The second-order valence-corrected chi connectivity index (χ2v) is 6.34. The van der Waals surface area contributed by atoms with Gasteiger partial charge in [0.2, 0.25) is 0 Å². The van der Waals surface area contributed by atoms with Crippen molar-refractivity contribution < 1.29 is 4.74 Å². The second kappa shape index (κ2) is 12.1. The monoisotopic (exact) mass is 459 g/mol. The van der Waals surface area contributed by atoms with Crippen LogP contribution in [0.1, 0.15) is 30.2 Å². The molecule has 0 atom stereocenters. The lowest BCUT2D eigenvalue weighted by molar-refractivity contribution is 0.309. The van der Waals surface area contributed by atoms with Gasteiger partial charge < -0.3 is 15.8 Å². The summed E-state index contributed by atoms with van der Waals surface area (Å²) in [6.45, 7) is 4.27. The lowest BCUT2D eigenvalue weighted by Crippen LogP contribution is -2.33. The maximum atomic E-state index is 5.91. The molecule has 0 aliphatic heterocycles. The van der Waals surface area contributed by atoms with E-state index in [-0.39, 0.29) is 24.0 Å². The summed E-state index contributed by atoms with van der Waals surface area (Å²) in [6.07, 6.45) is 3.18. The predicted octanol–water partition coefficient (Wildman–Crippen LogP) is 4.19. The molecule has 4 nitrogen and oxygen atoms in total. The highest BCUT2D eigenvalue weighted by Gasteiger charge is 1.98. The van der Waals surface area contributed by atoms with Gasteiger partial charge in [-0.25, -0.2) is 4.99 Å². The topological polar surface area (TPSA) is 59.6 Å². The Bertz CT molecular complexity index is 602. The third-order valence-corrected chi connectivity index (χ3v) is 4.29. The first-order valence-corrected chi connectivity index (χ1v) is 8.94. The van der Waals surface area contributed by atoms with Crippen LogP contribution in [-0.4, -0.2) is 19.1 Å². The van der Waals surface area contributed by atoms with E-state index in [0.29, 0.717) is 12.5 Å². The number of hydrogen-bond donors (Lipinski definition) is 2. The van der Waals surface area contributed by atoms with Crippen LogP contribution in [0.5, 0.6) is 5.75 Å². The smallest absolute Gasteiger partial charge is 0.188 e. The second-order valence-electron chi connectivity index (χ2n) is 5.31. The number of aliphatic imine (C=N–C) groups is 1. The molecule has 0 aliphatic rings. The van der Waals surface area contributed by atoms with Gasteiger partial charge in [-0.1, -0.05) is 31.5 Å². The van der Waals surface area contributed by atoms with Gasteiger partial charge in [-0.2, -0.15) is 0 Å². The van der Waals surface area contributed by atoms with Crippen molar-refractivity contribution in [1.29, 1.82) is 0 Å². The summed E-state index contributed by atoms with van der Waals surface area (Å²) < 4.78 is 5.71. The number of nitrogens with zero attached hydrogens (tertiary/aromatic N) is 1. The highest BCUT2D eigenvalue weighted by molar-refractivity contribution is 14.0. The molecule has 0 bridgehead atoms. The van der Waals surface area contributed by atoms with E-state index in [1.54, 1.807) is 11.3 Å². The number of nitrogens with one attached hydrogen (secondary N) is 1. The molecule has 0 amide bonds. The first-order chi connectivity index (χ1) is 11.3. The summed E-state index contributed by atoms with van der Waals surface area (Å²) in [7, 11) is 0. The Morgan fingerprint density at radius 1 is 1.29 bits per heavy atom. The van der Waals surface area contributed by atoms with Crippen LogP contribution < -0.4 is 15.8 Å². The Balaban J connectivity index is 0.00000288. The van der Waals surface area contributed by atoms with Crippen LogP contribution in [0.4, 0.5) is 0 Å². The molecule has 0 spiro atoms. The van der Waals surface area contributed by atoms with E-state index in [1.807, 2.05) is 24.3 Å². The maximum Gasteiger partial charge on any atom is 0.188 e. The molecule has 1 aromatic heterocycles. The van der Waals surface area contributed by atoms with Gasteiger partial charge in [-0.15, -0.1) is 35.3 Å². The van der Waals surface area contributed by atoms with Crippen LogP contribution in [0.3, 0.4) is 0 Å². The van der Waals surface area contributed by atoms with Crippen molar-refractivity contribution in [2.24, 2.45) is 10.7 Å². The molecule has 1 aromatic carbocycles. The summed E-state index contributed by atoms with van der Waals surface area (Å²) in [5.74, 6) is 1.38. The number of nitrogens with two attached hydrogens (primary N) is 1. The summed E-state index contributed by atoms with van der Waals surface area (Å²) in [4.78, 5) is 5.73. The van der Waals surface area contributed by atoms with E-state index >= 15 is 0 Å². The van der Waals surface area contributed by atoms with Crippen LogP contribution in [0.15, 0.2) is 46.8 Å². The number of hydrogen-bond acceptors (Lipinski definition) is 3. The molecular formula is C18H26IN3OS. The van der Waals surface area contributed by atoms with E-state index in [4.69, 9.17) is 10.5 Å². The molecule has 3 N–H and O–H groups in total. The number of guanidine groups is 1. The summed E-state index contributed by atoms with van der Waals surface area (Å²) in [5.41, 5.74) is 7.01. The molecule has 0 saturated carbocycles. The zero-order chi connectivity index (χ0) is 16.3. The van der Waals surface area contributed by atoms with Crippen molar-refractivity contribution in [3.63, 3.8) is 0 Å². The van der Waals surface area contributed by atoms with Gasteiger partial charge in [0.15, 0.2) is 5.96 Å². The Kier molecular flexibility index (Phi) is 10.5. The van der Waals surface area contributed by atoms with Crippen molar-refractivity contribution >= 4 is 41.3 Å². The molecule has 0 unspecified atom stereocenters. The molecule has 1 heterocycles. The summed E-state index contributed by atoms with van der Waals surface area (Å²) in [5, 5.41) is 5.24. The number of benzene rings is 1. The average Bonchev–Trinajstić information content (AvgIpc) is 3.07.